The maximum Gasteiger partial charge on any atom is 0.472 e. The van der Waals surface area contributed by atoms with Crippen molar-refractivity contribution in [2.45, 2.75) is 437 Å². The Morgan fingerprint density at radius 3 is 0.623 bits per heavy atom. The van der Waals surface area contributed by atoms with E-state index in [4.69, 9.17) is 67.4 Å². The van der Waals surface area contributed by atoms with Crippen LogP contribution in [-0.2, 0) is 66.3 Å². The molecule has 0 aromatic carbocycles. The van der Waals surface area contributed by atoms with Gasteiger partial charge in [-0.2, -0.15) is 19.6 Å². The summed E-state index contributed by atoms with van der Waals surface area (Å²) in [6.07, 6.45) is 70.0. The summed E-state index contributed by atoms with van der Waals surface area (Å²) in [6, 6.07) is 0. The zero-order valence-corrected chi connectivity index (χ0v) is 70.3. The topological polar surface area (TPSA) is 266 Å². The minimum atomic E-state index is -4.54. The zero-order chi connectivity index (χ0) is 78.2. The highest BCUT2D eigenvalue weighted by atomic mass is 31.2. The smallest absolute Gasteiger partial charge is 0.394 e. The van der Waals surface area contributed by atoms with Gasteiger partial charge in [-0.25, -0.2) is 9.13 Å². The van der Waals surface area contributed by atoms with E-state index in [9.17, 15) is 29.1 Å². The Balaban J connectivity index is 0. The van der Waals surface area contributed by atoms with Gasteiger partial charge in [0.25, 0.3) is 0 Å². The molecule has 20 nitrogen and oxygen atoms in total. The second-order valence-electron chi connectivity index (χ2n) is 29.7. The van der Waals surface area contributed by atoms with Gasteiger partial charge in [0.05, 0.1) is 39.6 Å². The molecule has 6 atom stereocenters. The molecule has 0 bridgehead atoms. The Bertz CT molecular complexity index is 1850. The number of aliphatic hydroxyl groups excluding tert-OH is 4. The molecule has 0 aliphatic heterocycles. The third-order valence-electron chi connectivity index (χ3n) is 18.8. The van der Waals surface area contributed by atoms with E-state index in [1.165, 1.54) is 308 Å². The standard InChI is InChI=1S/2C42H83O10P/c2*1-5-7-9-11-13-15-17-19-21-23-25-27-29-31-33-39(3)50-47-37-42(38-49-53(45,46)48-36-41(44)35-43)52-51-40(4)34-32-30-28-26-24-22-20-18-16-14-12-10-8-6-2/h2*41-44H,3-38H2,1-2H3,(H,45,46). The van der Waals surface area contributed by atoms with Crippen molar-refractivity contribution in [2.75, 3.05) is 52.9 Å². The van der Waals surface area contributed by atoms with E-state index >= 15 is 0 Å². The first-order chi connectivity index (χ1) is 51.5. The quantitative estimate of drug-likeness (QED) is 0.0109. The molecule has 0 radical (unpaired) electrons. The fourth-order valence-electron chi connectivity index (χ4n) is 12.0. The van der Waals surface area contributed by atoms with Crippen molar-refractivity contribution >= 4 is 15.6 Å². The molecule has 0 heterocycles. The van der Waals surface area contributed by atoms with Crippen molar-refractivity contribution in [3.8, 4) is 0 Å². The minimum absolute atomic E-state index is 0.177. The van der Waals surface area contributed by atoms with Crippen molar-refractivity contribution < 1.29 is 96.5 Å². The summed E-state index contributed by atoms with van der Waals surface area (Å²) in [5.74, 6) is 1.85. The molecule has 632 valence electrons. The molecular formula is C84H166O20P2. The molecule has 0 amide bonds. The van der Waals surface area contributed by atoms with E-state index in [0.717, 1.165) is 51.4 Å². The van der Waals surface area contributed by atoms with Crippen LogP contribution in [0.1, 0.15) is 413 Å². The monoisotopic (exact) mass is 1560 g/mol. The first-order valence-corrected chi connectivity index (χ1v) is 46.2. The van der Waals surface area contributed by atoms with Gasteiger partial charge in [0.1, 0.15) is 48.5 Å². The Kier molecular flexibility index (Phi) is 82.6. The van der Waals surface area contributed by atoms with Gasteiger partial charge in [0.15, 0.2) is 12.2 Å². The molecule has 0 aliphatic rings. The molecule has 0 saturated carbocycles. The van der Waals surface area contributed by atoms with Crippen molar-refractivity contribution in [3.05, 3.63) is 49.4 Å². The third-order valence-corrected chi connectivity index (χ3v) is 20.7. The Morgan fingerprint density at radius 1 is 0.264 bits per heavy atom. The molecule has 106 heavy (non-hydrogen) atoms. The molecule has 0 aliphatic carbocycles. The van der Waals surface area contributed by atoms with Crippen LogP contribution in [0.2, 0.25) is 0 Å². The van der Waals surface area contributed by atoms with Gasteiger partial charge in [-0.15, -0.1) is 0 Å². The predicted molar refractivity (Wildman–Crippen MR) is 432 cm³/mol. The van der Waals surface area contributed by atoms with Crippen LogP contribution in [0.15, 0.2) is 49.4 Å². The highest BCUT2D eigenvalue weighted by molar-refractivity contribution is 7.47. The lowest BCUT2D eigenvalue weighted by molar-refractivity contribution is -0.344. The highest BCUT2D eigenvalue weighted by Crippen LogP contribution is 2.44. The molecule has 0 aromatic heterocycles. The molecule has 6 unspecified atom stereocenters. The number of unbranched alkanes of at least 4 members (excludes halogenated alkanes) is 52. The number of hydrogen-bond acceptors (Lipinski definition) is 18. The summed E-state index contributed by atoms with van der Waals surface area (Å²) in [6.45, 7) is 21.2. The number of aliphatic hydroxyl groups is 4. The van der Waals surface area contributed by atoms with E-state index < -0.39 is 79.7 Å². The van der Waals surface area contributed by atoms with Gasteiger partial charge in [-0.05, 0) is 25.7 Å². The highest BCUT2D eigenvalue weighted by Gasteiger charge is 2.28. The van der Waals surface area contributed by atoms with Crippen LogP contribution < -0.4 is 0 Å². The molecule has 0 aromatic rings. The molecule has 6 N–H and O–H groups in total. The van der Waals surface area contributed by atoms with Crippen LogP contribution in [0, 0.1) is 0 Å². The van der Waals surface area contributed by atoms with E-state index in [0.29, 0.717) is 48.7 Å². The average molecular weight is 1560 g/mol. The first-order valence-electron chi connectivity index (χ1n) is 43.3. The van der Waals surface area contributed by atoms with Gasteiger partial charge < -0.3 is 49.8 Å². The fourth-order valence-corrected chi connectivity index (χ4v) is 13.6. The predicted octanol–water partition coefficient (Wildman–Crippen LogP) is 25.0. The summed E-state index contributed by atoms with van der Waals surface area (Å²) in [5.41, 5.74) is 0. The number of hydrogen-bond donors (Lipinski definition) is 6. The van der Waals surface area contributed by atoms with Gasteiger partial charge in [-0.3, -0.25) is 18.1 Å². The van der Waals surface area contributed by atoms with Crippen molar-refractivity contribution in [3.63, 3.8) is 0 Å². The van der Waals surface area contributed by atoms with E-state index in [1.54, 1.807) is 0 Å². The number of phosphoric ester groups is 2. The molecule has 0 rings (SSSR count). The van der Waals surface area contributed by atoms with Gasteiger partial charge in [0.2, 0.25) is 0 Å². The summed E-state index contributed by atoms with van der Waals surface area (Å²) in [4.78, 5) is 63.0. The number of phosphoric acid groups is 2. The summed E-state index contributed by atoms with van der Waals surface area (Å²) >= 11 is 0. The van der Waals surface area contributed by atoms with Crippen LogP contribution >= 0.6 is 15.6 Å². The van der Waals surface area contributed by atoms with Crippen LogP contribution in [0.4, 0.5) is 0 Å². The normalized spacial score (nSPS) is 13.8. The molecule has 0 spiro atoms. The van der Waals surface area contributed by atoms with E-state index in [2.05, 4.69) is 54.0 Å². The summed E-state index contributed by atoms with van der Waals surface area (Å²) in [5, 5.41) is 36.7. The first kappa shape index (κ1) is 106. The average Bonchev–Trinajstić information content (AvgIpc) is 0.920. The minimum Gasteiger partial charge on any atom is -0.394 e. The maximum atomic E-state index is 12.2. The lowest BCUT2D eigenvalue weighted by atomic mass is 10.0. The van der Waals surface area contributed by atoms with E-state index in [-0.39, 0.29) is 13.2 Å². The Labute approximate surface area is 648 Å². The Hall–Kier alpha value is -1.94. The van der Waals surface area contributed by atoms with Crippen molar-refractivity contribution in [2.24, 2.45) is 0 Å². The zero-order valence-electron chi connectivity index (χ0n) is 68.5. The van der Waals surface area contributed by atoms with Crippen LogP contribution in [0.5, 0.6) is 0 Å². The number of rotatable bonds is 88. The van der Waals surface area contributed by atoms with Crippen LogP contribution in [0.3, 0.4) is 0 Å². The van der Waals surface area contributed by atoms with Gasteiger partial charge in [0, 0.05) is 25.7 Å². The molecule has 0 fully saturated rings. The van der Waals surface area contributed by atoms with E-state index in [1.807, 2.05) is 0 Å². The largest absolute Gasteiger partial charge is 0.472 e. The fraction of sp³-hybridized carbons (Fsp3) is 0.905. The van der Waals surface area contributed by atoms with Gasteiger partial charge >= 0.3 is 15.6 Å². The molecule has 0 saturated heterocycles. The van der Waals surface area contributed by atoms with Crippen molar-refractivity contribution in [1.82, 2.24) is 0 Å². The second kappa shape index (κ2) is 82.5. The third kappa shape index (κ3) is 83.0. The summed E-state index contributed by atoms with van der Waals surface area (Å²) < 4.78 is 44.0. The summed E-state index contributed by atoms with van der Waals surface area (Å²) in [7, 11) is -9.08. The Morgan fingerprint density at radius 2 is 0.434 bits per heavy atom. The SMILES string of the molecule is C=C(CCCCCCCCCCCCCCCC)OOCC(COP(=O)(O)OCC(O)CO)OOC(=C)CCCCCCCCCCCCCCCC.C=C(CCCCCCCCCCCCCCCC)OOCC(COP(=O)(O)OCC(O)CO)OOC(=C)CCCCCCCCCCCCCCCC. The second-order valence-corrected chi connectivity index (χ2v) is 32.6. The van der Waals surface area contributed by atoms with Gasteiger partial charge in [-0.1, -0.05) is 388 Å². The molecule has 22 heteroatoms. The maximum absolute atomic E-state index is 12.2. The van der Waals surface area contributed by atoms with Crippen LogP contribution in [0.25, 0.3) is 0 Å². The van der Waals surface area contributed by atoms with Crippen molar-refractivity contribution in [1.29, 1.82) is 0 Å². The van der Waals surface area contributed by atoms with Crippen LogP contribution in [-0.4, -0.2) is 107 Å². The number of allylic oxidation sites excluding steroid dienone is 4. The molecular weight excluding hydrogens is 1390 g/mol. The lowest BCUT2D eigenvalue weighted by Gasteiger charge is -2.20. The lowest BCUT2D eigenvalue weighted by Crippen LogP contribution is -2.26.